The zero-order valence-corrected chi connectivity index (χ0v) is 11.5. The fourth-order valence-electron chi connectivity index (χ4n) is 1.49. The molecule has 2 aromatic heterocycles. The number of rotatable bonds is 2. The minimum absolute atomic E-state index is 0.0884. The maximum absolute atomic E-state index is 6.16. The first-order valence-electron chi connectivity index (χ1n) is 5.14. The first-order valence-corrected chi connectivity index (χ1v) is 6.27. The Morgan fingerprint density at radius 2 is 1.89 bits per heavy atom. The van der Waals surface area contributed by atoms with Gasteiger partial charge in [-0.25, -0.2) is 0 Å². The van der Waals surface area contributed by atoms with Gasteiger partial charge in [0.2, 0.25) is 5.75 Å². The van der Waals surface area contributed by atoms with E-state index in [0.717, 1.165) is 0 Å². The molecule has 3 rings (SSSR count). The molecule has 0 aliphatic heterocycles. The topological polar surface area (TPSA) is 52.3 Å². The molecule has 0 aliphatic rings. The summed E-state index contributed by atoms with van der Waals surface area (Å²) < 4.78 is 6.92. The molecule has 0 bridgehead atoms. The van der Waals surface area contributed by atoms with E-state index in [9.17, 15) is 0 Å². The summed E-state index contributed by atoms with van der Waals surface area (Å²) in [5, 5.41) is 4.62. The molecule has 0 unspecified atom stereocenters. The van der Waals surface area contributed by atoms with E-state index in [0.29, 0.717) is 16.5 Å². The van der Waals surface area contributed by atoms with Gasteiger partial charge in [-0.15, -0.1) is 0 Å². The molecule has 0 N–H and O–H groups in total. The third-order valence-electron chi connectivity index (χ3n) is 2.34. The number of nitrogens with zero attached hydrogens (tertiary/aromatic N) is 4. The van der Waals surface area contributed by atoms with Crippen LogP contribution in [0.4, 0.5) is 0 Å². The van der Waals surface area contributed by atoms with Crippen molar-refractivity contribution in [3.8, 4) is 11.5 Å². The molecule has 2 heterocycles. The van der Waals surface area contributed by atoms with Crippen LogP contribution in [0.5, 0.6) is 11.5 Å². The Bertz CT molecular complexity index is 759. The van der Waals surface area contributed by atoms with E-state index < -0.39 is 0 Å². The Hall–Kier alpha value is -1.56. The molecule has 0 spiro atoms. The SMILES string of the molecule is Clc1ccccc1Oc1c(Cl)nc2ncnn2c1Cl. The van der Waals surface area contributed by atoms with Crippen LogP contribution in [0.3, 0.4) is 0 Å². The van der Waals surface area contributed by atoms with Crippen molar-refractivity contribution in [3.05, 3.63) is 45.9 Å². The van der Waals surface area contributed by atoms with Gasteiger partial charge in [0.05, 0.1) is 5.02 Å². The molecule has 96 valence electrons. The standard InChI is InChI=1S/C11H5Cl3N4O/c12-6-3-1-2-4-7(6)19-8-9(13)17-11-15-5-16-18(11)10(8)14/h1-5H. The number of para-hydroxylation sites is 1. The van der Waals surface area contributed by atoms with Crippen molar-refractivity contribution in [2.75, 3.05) is 0 Å². The second-order valence-electron chi connectivity index (χ2n) is 3.53. The van der Waals surface area contributed by atoms with Gasteiger partial charge >= 0.3 is 0 Å². The lowest BCUT2D eigenvalue weighted by Gasteiger charge is -2.10. The molecule has 0 aliphatic carbocycles. The number of ether oxygens (including phenoxy) is 1. The summed E-state index contributed by atoms with van der Waals surface area (Å²) in [7, 11) is 0. The van der Waals surface area contributed by atoms with Crippen LogP contribution in [0, 0.1) is 0 Å². The summed E-state index contributed by atoms with van der Waals surface area (Å²) in [5.41, 5.74) is 0. The zero-order chi connectivity index (χ0) is 13.4. The number of halogens is 3. The Morgan fingerprint density at radius 3 is 2.68 bits per heavy atom. The molecule has 0 radical (unpaired) electrons. The Morgan fingerprint density at radius 1 is 1.11 bits per heavy atom. The Balaban J connectivity index is 2.12. The fourth-order valence-corrected chi connectivity index (χ4v) is 2.17. The summed E-state index contributed by atoms with van der Waals surface area (Å²) in [4.78, 5) is 7.92. The minimum Gasteiger partial charge on any atom is -0.449 e. The van der Waals surface area contributed by atoms with Gasteiger partial charge in [-0.05, 0) is 12.1 Å². The van der Waals surface area contributed by atoms with Crippen molar-refractivity contribution in [1.29, 1.82) is 0 Å². The lowest BCUT2D eigenvalue weighted by molar-refractivity contribution is 0.476. The number of benzene rings is 1. The Kier molecular flexibility index (Phi) is 3.18. The summed E-state index contributed by atoms with van der Waals surface area (Å²) in [6, 6.07) is 6.96. The molecular formula is C11H5Cl3N4O. The van der Waals surface area contributed by atoms with Crippen LogP contribution in [-0.4, -0.2) is 19.6 Å². The number of hydrogen-bond acceptors (Lipinski definition) is 4. The monoisotopic (exact) mass is 314 g/mol. The van der Waals surface area contributed by atoms with Crippen molar-refractivity contribution in [3.63, 3.8) is 0 Å². The summed E-state index contributed by atoms with van der Waals surface area (Å²) in [5.74, 6) is 0.894. The second-order valence-corrected chi connectivity index (χ2v) is 4.65. The fraction of sp³-hybridized carbons (Fsp3) is 0. The van der Waals surface area contributed by atoms with Gasteiger partial charge in [0, 0.05) is 0 Å². The van der Waals surface area contributed by atoms with Crippen LogP contribution in [0.25, 0.3) is 5.78 Å². The van der Waals surface area contributed by atoms with Gasteiger partial charge in [0.25, 0.3) is 5.78 Å². The average molecular weight is 316 g/mol. The molecular weight excluding hydrogens is 311 g/mol. The van der Waals surface area contributed by atoms with E-state index in [1.165, 1.54) is 10.8 Å². The van der Waals surface area contributed by atoms with Crippen LogP contribution >= 0.6 is 34.8 Å². The molecule has 3 aromatic rings. The molecule has 8 heteroatoms. The average Bonchev–Trinajstić information content (AvgIpc) is 2.84. The van der Waals surface area contributed by atoms with E-state index in [1.807, 2.05) is 0 Å². The van der Waals surface area contributed by atoms with Crippen LogP contribution in [-0.2, 0) is 0 Å². The predicted molar refractivity (Wildman–Crippen MR) is 72.3 cm³/mol. The maximum Gasteiger partial charge on any atom is 0.255 e. The Labute approximate surface area is 122 Å². The molecule has 0 saturated carbocycles. The number of aromatic nitrogens is 4. The van der Waals surface area contributed by atoms with Crippen molar-refractivity contribution in [1.82, 2.24) is 19.6 Å². The molecule has 0 amide bonds. The van der Waals surface area contributed by atoms with Crippen molar-refractivity contribution in [2.45, 2.75) is 0 Å². The van der Waals surface area contributed by atoms with E-state index in [-0.39, 0.29) is 16.1 Å². The summed E-state index contributed by atoms with van der Waals surface area (Å²) in [6.07, 6.45) is 1.32. The van der Waals surface area contributed by atoms with E-state index in [4.69, 9.17) is 39.5 Å². The van der Waals surface area contributed by atoms with Crippen molar-refractivity contribution < 1.29 is 4.74 Å². The molecule has 0 saturated heterocycles. The zero-order valence-electron chi connectivity index (χ0n) is 9.22. The lowest BCUT2D eigenvalue weighted by Crippen LogP contribution is -1.98. The highest BCUT2D eigenvalue weighted by Gasteiger charge is 2.17. The maximum atomic E-state index is 6.16. The van der Waals surface area contributed by atoms with Gasteiger partial charge in [0.15, 0.2) is 10.3 Å². The highest BCUT2D eigenvalue weighted by Crippen LogP contribution is 2.37. The normalized spacial score (nSPS) is 10.9. The third kappa shape index (κ3) is 2.20. The number of fused-ring (bicyclic) bond motifs is 1. The largest absolute Gasteiger partial charge is 0.449 e. The molecule has 5 nitrogen and oxygen atoms in total. The highest BCUT2D eigenvalue weighted by atomic mass is 35.5. The van der Waals surface area contributed by atoms with Gasteiger partial charge in [-0.1, -0.05) is 46.9 Å². The van der Waals surface area contributed by atoms with Crippen molar-refractivity contribution in [2.24, 2.45) is 0 Å². The summed E-state index contributed by atoms with van der Waals surface area (Å²) in [6.45, 7) is 0. The van der Waals surface area contributed by atoms with Crippen molar-refractivity contribution >= 4 is 40.6 Å². The van der Waals surface area contributed by atoms with E-state index >= 15 is 0 Å². The van der Waals surface area contributed by atoms with Crippen LogP contribution in [0.2, 0.25) is 15.3 Å². The molecule has 1 aromatic carbocycles. The first kappa shape index (κ1) is 12.5. The quantitative estimate of drug-likeness (QED) is 0.673. The third-order valence-corrected chi connectivity index (χ3v) is 3.24. The first-order chi connectivity index (χ1) is 9.16. The smallest absolute Gasteiger partial charge is 0.255 e. The highest BCUT2D eigenvalue weighted by molar-refractivity contribution is 6.36. The number of hydrogen-bond donors (Lipinski definition) is 0. The molecule has 19 heavy (non-hydrogen) atoms. The van der Waals surface area contributed by atoms with Gasteiger partial charge in [0.1, 0.15) is 12.1 Å². The van der Waals surface area contributed by atoms with Gasteiger partial charge in [-0.2, -0.15) is 19.6 Å². The van der Waals surface area contributed by atoms with Crippen LogP contribution in [0.1, 0.15) is 0 Å². The molecule has 0 fully saturated rings. The van der Waals surface area contributed by atoms with Crippen LogP contribution < -0.4 is 4.74 Å². The predicted octanol–water partition coefficient (Wildman–Crippen LogP) is 3.88. The van der Waals surface area contributed by atoms with Gasteiger partial charge < -0.3 is 4.74 Å². The molecule has 0 atom stereocenters. The lowest BCUT2D eigenvalue weighted by atomic mass is 10.3. The van der Waals surface area contributed by atoms with Gasteiger partial charge in [-0.3, -0.25) is 0 Å². The minimum atomic E-state index is 0.0884. The van der Waals surface area contributed by atoms with E-state index in [2.05, 4.69) is 15.1 Å². The van der Waals surface area contributed by atoms with E-state index in [1.54, 1.807) is 24.3 Å². The summed E-state index contributed by atoms with van der Waals surface area (Å²) >= 11 is 18.2. The second kappa shape index (κ2) is 4.85. The van der Waals surface area contributed by atoms with Crippen LogP contribution in [0.15, 0.2) is 30.6 Å².